The summed E-state index contributed by atoms with van der Waals surface area (Å²) < 4.78 is 7.23. The third-order valence-electron chi connectivity index (χ3n) is 23.2. The average molecular weight is 794 g/mol. The van der Waals surface area contributed by atoms with Crippen molar-refractivity contribution in [3.8, 4) is 0 Å². The van der Waals surface area contributed by atoms with E-state index in [1.807, 2.05) is 0 Å². The van der Waals surface area contributed by atoms with Crippen molar-refractivity contribution in [2.24, 2.45) is 94.7 Å². The lowest BCUT2D eigenvalue weighted by Gasteiger charge is -2.54. The van der Waals surface area contributed by atoms with Crippen LogP contribution in [-0.4, -0.2) is 35.2 Å². The van der Waals surface area contributed by atoms with Crippen molar-refractivity contribution < 1.29 is 4.74 Å². The van der Waals surface area contributed by atoms with Crippen molar-refractivity contribution in [3.63, 3.8) is 0 Å². The van der Waals surface area contributed by atoms with E-state index in [0.717, 1.165) is 113 Å². The van der Waals surface area contributed by atoms with E-state index in [2.05, 4.69) is 4.90 Å². The Morgan fingerprint density at radius 2 is 0.828 bits per heavy atom. The third-order valence-corrected chi connectivity index (χ3v) is 23.2. The Balaban J connectivity index is 0.729. The summed E-state index contributed by atoms with van der Waals surface area (Å²) in [5.74, 6) is 17.4. The molecular formula is C56H91NO. The van der Waals surface area contributed by atoms with E-state index in [1.165, 1.54) is 96.3 Å². The molecule has 0 aromatic heterocycles. The zero-order valence-corrected chi connectivity index (χ0v) is 37.7. The van der Waals surface area contributed by atoms with Gasteiger partial charge in [-0.25, -0.2) is 0 Å². The summed E-state index contributed by atoms with van der Waals surface area (Å²) in [5, 5.41) is 0. The molecule has 1 aliphatic heterocycles. The molecule has 1 heterocycles. The summed E-state index contributed by atoms with van der Waals surface area (Å²) >= 11 is 0. The maximum Gasteiger partial charge on any atom is 0.0766 e. The highest BCUT2D eigenvalue weighted by atomic mass is 16.5. The standard InChI is InChI=1S/C56H91NO/c1-3-13-36(14-4-1)41-32-39-16-11-21-47(50(39)34-41)52-33-40-15-7-8-19-45(40)51-35-42-31-38(27-30-46(42)55(51)52)37-25-28-44(29-26-37)57(43-17-5-2-6-18-43)53-23-12-22-49-48-20-9-10-24-54(48)58-56(49)53/h36-56H,1-35H2. The Kier molecular flexibility index (Phi) is 11.7. The average Bonchev–Trinajstić information content (AvgIpc) is 4.01. The van der Waals surface area contributed by atoms with E-state index in [0.29, 0.717) is 12.2 Å². The lowest BCUT2D eigenvalue weighted by Crippen LogP contribution is -2.57. The number of fused-ring (bicyclic) bond motifs is 9. The summed E-state index contributed by atoms with van der Waals surface area (Å²) in [7, 11) is 0. The molecule has 12 fully saturated rings. The van der Waals surface area contributed by atoms with Crippen molar-refractivity contribution in [1.29, 1.82) is 0 Å². The Morgan fingerprint density at radius 3 is 1.69 bits per heavy atom. The van der Waals surface area contributed by atoms with Gasteiger partial charge in [0.05, 0.1) is 12.2 Å². The fourth-order valence-corrected chi connectivity index (χ4v) is 21.1. The van der Waals surface area contributed by atoms with Gasteiger partial charge in [-0.2, -0.15) is 0 Å². The molecule has 12 rings (SSSR count). The van der Waals surface area contributed by atoms with Gasteiger partial charge in [0.2, 0.25) is 0 Å². The molecule has 0 aromatic carbocycles. The van der Waals surface area contributed by atoms with Crippen molar-refractivity contribution in [1.82, 2.24) is 4.90 Å². The highest BCUT2D eigenvalue weighted by molar-refractivity contribution is 5.09. The van der Waals surface area contributed by atoms with Gasteiger partial charge in [-0.15, -0.1) is 0 Å². The highest BCUT2D eigenvalue weighted by Gasteiger charge is 2.59. The van der Waals surface area contributed by atoms with Gasteiger partial charge >= 0.3 is 0 Å². The smallest absolute Gasteiger partial charge is 0.0766 e. The molecule has 12 aliphatic rings. The second-order valence-electron chi connectivity index (χ2n) is 25.3. The SMILES string of the molecule is C1CCC(C2CC3CCCC(C4CC5CCCCC5C5CC6CC(C7CCC(N(C8CCCCC8)C8CCCC9C%10CCCCC%10OC98)CC7)CCC6C54)C3C2)CC1. The molecular weight excluding hydrogens is 703 g/mol. The van der Waals surface area contributed by atoms with Crippen LogP contribution in [0.2, 0.25) is 0 Å². The number of ether oxygens (including phenoxy) is 1. The molecule has 0 bridgehead atoms. The van der Waals surface area contributed by atoms with Crippen molar-refractivity contribution in [3.05, 3.63) is 0 Å². The zero-order chi connectivity index (χ0) is 38.2. The molecule has 17 atom stereocenters. The van der Waals surface area contributed by atoms with Gasteiger partial charge in [-0.05, 0) is 217 Å². The minimum Gasteiger partial charge on any atom is -0.373 e. The molecule has 0 radical (unpaired) electrons. The van der Waals surface area contributed by atoms with Crippen LogP contribution in [0, 0.1) is 94.7 Å². The molecule has 0 aromatic rings. The topological polar surface area (TPSA) is 12.5 Å². The predicted octanol–water partition coefficient (Wildman–Crippen LogP) is 14.8. The first-order chi connectivity index (χ1) is 28.7. The van der Waals surface area contributed by atoms with Gasteiger partial charge in [0, 0.05) is 18.1 Å². The van der Waals surface area contributed by atoms with Gasteiger partial charge in [0.15, 0.2) is 0 Å². The van der Waals surface area contributed by atoms with Gasteiger partial charge < -0.3 is 4.74 Å². The Hall–Kier alpha value is -0.0800. The van der Waals surface area contributed by atoms with Gasteiger partial charge in [0.25, 0.3) is 0 Å². The van der Waals surface area contributed by atoms with Crippen LogP contribution >= 0.6 is 0 Å². The largest absolute Gasteiger partial charge is 0.373 e. The lowest BCUT2D eigenvalue weighted by atomic mass is 9.51. The summed E-state index contributed by atoms with van der Waals surface area (Å²) in [5.41, 5.74) is 0. The normalized spacial score (nSPS) is 52.6. The first kappa shape index (κ1) is 39.5. The van der Waals surface area contributed by atoms with Crippen LogP contribution in [0.15, 0.2) is 0 Å². The molecule has 326 valence electrons. The molecule has 17 unspecified atom stereocenters. The second kappa shape index (κ2) is 17.1. The number of rotatable bonds is 6. The predicted molar refractivity (Wildman–Crippen MR) is 239 cm³/mol. The highest BCUT2D eigenvalue weighted by Crippen LogP contribution is 2.67. The van der Waals surface area contributed by atoms with Crippen LogP contribution in [0.5, 0.6) is 0 Å². The maximum atomic E-state index is 7.23. The third kappa shape index (κ3) is 7.21. The summed E-state index contributed by atoms with van der Waals surface area (Å²) in [6.45, 7) is 0. The number of nitrogens with zero attached hydrogens (tertiary/aromatic N) is 1. The van der Waals surface area contributed by atoms with Crippen LogP contribution in [0.1, 0.15) is 225 Å². The Morgan fingerprint density at radius 1 is 0.276 bits per heavy atom. The van der Waals surface area contributed by atoms with E-state index in [-0.39, 0.29) is 0 Å². The van der Waals surface area contributed by atoms with Crippen LogP contribution in [-0.2, 0) is 4.74 Å². The van der Waals surface area contributed by atoms with E-state index in [4.69, 9.17) is 4.74 Å². The summed E-state index contributed by atoms with van der Waals surface area (Å²) in [6, 6.07) is 2.46. The first-order valence-electron chi connectivity index (χ1n) is 28.2. The van der Waals surface area contributed by atoms with Crippen LogP contribution in [0.25, 0.3) is 0 Å². The number of hydrogen-bond donors (Lipinski definition) is 0. The summed E-state index contributed by atoms with van der Waals surface area (Å²) in [6.07, 6.45) is 55.6. The minimum atomic E-state index is 0.571. The minimum absolute atomic E-state index is 0.571. The Bertz CT molecular complexity index is 1360. The molecule has 0 N–H and O–H groups in total. The molecule has 2 nitrogen and oxygen atoms in total. The molecule has 0 spiro atoms. The zero-order valence-electron chi connectivity index (χ0n) is 37.7. The molecule has 11 saturated carbocycles. The fourth-order valence-electron chi connectivity index (χ4n) is 21.1. The lowest BCUT2D eigenvalue weighted by molar-refractivity contribution is -0.0830. The molecule has 2 heteroatoms. The molecule has 11 aliphatic carbocycles. The van der Waals surface area contributed by atoms with Gasteiger partial charge in [0.1, 0.15) is 0 Å². The Labute approximate surface area is 358 Å². The summed E-state index contributed by atoms with van der Waals surface area (Å²) in [4.78, 5) is 3.28. The quantitative estimate of drug-likeness (QED) is 0.266. The van der Waals surface area contributed by atoms with E-state index >= 15 is 0 Å². The molecule has 0 amide bonds. The van der Waals surface area contributed by atoms with E-state index < -0.39 is 0 Å². The van der Waals surface area contributed by atoms with Crippen molar-refractivity contribution in [2.75, 3.05) is 0 Å². The van der Waals surface area contributed by atoms with E-state index in [9.17, 15) is 0 Å². The second-order valence-corrected chi connectivity index (χ2v) is 25.3. The fraction of sp³-hybridized carbons (Fsp3) is 1.00. The van der Waals surface area contributed by atoms with Crippen molar-refractivity contribution >= 4 is 0 Å². The maximum absolute atomic E-state index is 7.23. The monoisotopic (exact) mass is 794 g/mol. The van der Waals surface area contributed by atoms with Crippen molar-refractivity contribution in [2.45, 2.75) is 255 Å². The van der Waals surface area contributed by atoms with Gasteiger partial charge in [-0.3, -0.25) is 4.90 Å². The molecule has 58 heavy (non-hydrogen) atoms. The van der Waals surface area contributed by atoms with Crippen LogP contribution < -0.4 is 0 Å². The van der Waals surface area contributed by atoms with Crippen LogP contribution in [0.4, 0.5) is 0 Å². The van der Waals surface area contributed by atoms with E-state index in [1.54, 1.807) is 128 Å². The molecule has 1 saturated heterocycles. The first-order valence-corrected chi connectivity index (χ1v) is 28.2. The number of hydrogen-bond acceptors (Lipinski definition) is 2. The van der Waals surface area contributed by atoms with Gasteiger partial charge in [-0.1, -0.05) is 103 Å². The van der Waals surface area contributed by atoms with Crippen LogP contribution in [0.3, 0.4) is 0 Å².